The van der Waals surface area contributed by atoms with E-state index in [-0.39, 0.29) is 50.0 Å². The summed E-state index contributed by atoms with van der Waals surface area (Å²) in [4.78, 5) is 103. The molecule has 60 heavy (non-hydrogen) atoms. The van der Waals surface area contributed by atoms with Crippen LogP contribution in [-0.4, -0.2) is 101 Å². The van der Waals surface area contributed by atoms with E-state index in [0.29, 0.717) is 31.6 Å². The van der Waals surface area contributed by atoms with Crippen LogP contribution < -0.4 is 26.6 Å². The number of amides is 6. The SMILES string of the molecule is CC(C)CCCCCC1CC(=O)N[C@H](C)C(=O)N[C@H](C)C(=O)NC(CC(C)C)C(=O)N2CCC[C@H]2C(=O)NC(CC(C)C)C(=O)N[C@@H](CC2C=Nc3ccccc32)C(=O)O1. The van der Waals surface area contributed by atoms with Gasteiger partial charge in [-0.05, 0) is 88.2 Å². The molecule has 332 valence electrons. The number of nitrogens with zero attached hydrogens (tertiary/aromatic N) is 2. The van der Waals surface area contributed by atoms with Gasteiger partial charge in [-0.3, -0.25) is 33.8 Å². The van der Waals surface area contributed by atoms with Crippen molar-refractivity contribution in [2.24, 2.45) is 22.7 Å². The predicted molar refractivity (Wildman–Crippen MR) is 229 cm³/mol. The van der Waals surface area contributed by atoms with E-state index in [9.17, 15) is 33.6 Å². The molecule has 3 aliphatic heterocycles. The van der Waals surface area contributed by atoms with Crippen LogP contribution in [0.4, 0.5) is 5.69 Å². The van der Waals surface area contributed by atoms with Gasteiger partial charge in [0.1, 0.15) is 42.4 Å². The van der Waals surface area contributed by atoms with Gasteiger partial charge in [0.25, 0.3) is 0 Å². The zero-order chi connectivity index (χ0) is 44.1. The zero-order valence-electron chi connectivity index (χ0n) is 36.9. The molecular formula is C45H69N7O8. The van der Waals surface area contributed by atoms with Crippen molar-refractivity contribution in [3.63, 3.8) is 0 Å². The second kappa shape index (κ2) is 22.7. The minimum Gasteiger partial charge on any atom is -0.460 e. The first-order valence-corrected chi connectivity index (χ1v) is 22.1. The van der Waals surface area contributed by atoms with Crippen LogP contribution in [0.3, 0.4) is 0 Å². The molecule has 0 spiro atoms. The molecule has 2 fully saturated rings. The quantitative estimate of drug-likeness (QED) is 0.151. The molecule has 4 unspecified atom stereocenters. The summed E-state index contributed by atoms with van der Waals surface area (Å²) in [5.74, 6) is -3.82. The molecule has 3 heterocycles. The molecule has 8 atom stereocenters. The normalized spacial score (nSPS) is 27.6. The lowest BCUT2D eigenvalue weighted by Gasteiger charge is -2.31. The molecule has 0 bridgehead atoms. The lowest BCUT2D eigenvalue weighted by molar-refractivity contribution is -0.155. The Morgan fingerprint density at radius 1 is 0.717 bits per heavy atom. The van der Waals surface area contributed by atoms with Crippen LogP contribution in [0, 0.1) is 17.8 Å². The summed E-state index contributed by atoms with van der Waals surface area (Å²) in [7, 11) is 0. The van der Waals surface area contributed by atoms with E-state index in [1.54, 1.807) is 6.21 Å². The van der Waals surface area contributed by atoms with Crippen LogP contribution in [0.25, 0.3) is 0 Å². The van der Waals surface area contributed by atoms with Gasteiger partial charge in [0.2, 0.25) is 35.4 Å². The van der Waals surface area contributed by atoms with Gasteiger partial charge < -0.3 is 36.2 Å². The summed E-state index contributed by atoms with van der Waals surface area (Å²) in [6, 6.07) is 1.36. The van der Waals surface area contributed by atoms with Crippen molar-refractivity contribution in [1.82, 2.24) is 31.5 Å². The van der Waals surface area contributed by atoms with E-state index in [1.165, 1.54) is 18.7 Å². The first-order valence-electron chi connectivity index (χ1n) is 22.1. The second-order valence-corrected chi connectivity index (χ2v) is 18.1. The summed E-state index contributed by atoms with van der Waals surface area (Å²) in [5, 5.41) is 13.9. The molecule has 4 rings (SSSR count). The van der Waals surface area contributed by atoms with Crippen molar-refractivity contribution < 1.29 is 38.3 Å². The molecule has 6 amide bonds. The van der Waals surface area contributed by atoms with Crippen molar-refractivity contribution in [3.8, 4) is 0 Å². The maximum atomic E-state index is 14.3. The number of para-hydroxylation sites is 1. The number of fused-ring (bicyclic) bond motifs is 2. The molecule has 2 saturated heterocycles. The fourth-order valence-electron chi connectivity index (χ4n) is 8.09. The van der Waals surface area contributed by atoms with Gasteiger partial charge in [-0.2, -0.15) is 0 Å². The summed E-state index contributed by atoms with van der Waals surface area (Å²) in [5.41, 5.74) is 1.66. The maximum Gasteiger partial charge on any atom is 0.328 e. The van der Waals surface area contributed by atoms with Crippen LogP contribution in [0.5, 0.6) is 0 Å². The lowest BCUT2D eigenvalue weighted by Crippen LogP contribution is -2.59. The van der Waals surface area contributed by atoms with Crippen LogP contribution >= 0.6 is 0 Å². The number of esters is 1. The Balaban J connectivity index is 1.70. The van der Waals surface area contributed by atoms with E-state index in [1.807, 2.05) is 52.0 Å². The Morgan fingerprint density at radius 3 is 2.05 bits per heavy atom. The predicted octanol–water partition coefficient (Wildman–Crippen LogP) is 4.35. The van der Waals surface area contributed by atoms with Gasteiger partial charge in [0.15, 0.2) is 0 Å². The van der Waals surface area contributed by atoms with Crippen molar-refractivity contribution in [2.45, 2.75) is 174 Å². The van der Waals surface area contributed by atoms with Crippen LogP contribution in [0.2, 0.25) is 0 Å². The Kier molecular flexibility index (Phi) is 18.1. The average molecular weight is 836 g/mol. The van der Waals surface area contributed by atoms with Gasteiger partial charge >= 0.3 is 5.97 Å². The second-order valence-electron chi connectivity index (χ2n) is 18.1. The Labute approximate surface area is 355 Å². The van der Waals surface area contributed by atoms with Crippen LogP contribution in [0.15, 0.2) is 29.3 Å². The Hall–Kier alpha value is -4.82. The number of hydrogen-bond donors (Lipinski definition) is 5. The smallest absolute Gasteiger partial charge is 0.328 e. The van der Waals surface area contributed by atoms with Gasteiger partial charge in [-0.1, -0.05) is 79.0 Å². The average Bonchev–Trinajstić information content (AvgIpc) is 3.83. The molecular weight excluding hydrogens is 767 g/mol. The van der Waals surface area contributed by atoms with Crippen molar-refractivity contribution in [2.75, 3.05) is 6.54 Å². The largest absolute Gasteiger partial charge is 0.460 e. The highest BCUT2D eigenvalue weighted by atomic mass is 16.5. The van der Waals surface area contributed by atoms with Gasteiger partial charge in [0, 0.05) is 18.7 Å². The van der Waals surface area contributed by atoms with E-state index in [2.05, 4.69) is 45.4 Å². The standard InChI is InChI=1S/C45H69N7O8/c1-26(2)15-10-9-11-16-32-24-39(53)47-29(7)40(54)48-30(8)41(55)50-36(22-28(5)6)44(58)52-20-14-19-38(52)43(57)49-35(21-27(3)4)42(56)51-37(45(59)60-32)23-31-25-46-34-18-13-12-17-33(31)34/h12-13,17-18,25-32,35-38H,9-11,14-16,19-24H2,1-8H3,(H,47,53)(H,48,54)(H,49,57)(H,50,55)(H,51,56)/t29-,30-,31?,32?,35?,36?,37+,38+/m1/s1. The first-order chi connectivity index (χ1) is 28.4. The number of unbranched alkanes of at least 4 members (excludes halogenated alkanes) is 2. The number of carbonyl (C=O) groups excluding carboxylic acids is 7. The summed E-state index contributed by atoms with van der Waals surface area (Å²) in [6.45, 7) is 15.2. The number of benzene rings is 1. The fourth-order valence-corrected chi connectivity index (χ4v) is 8.09. The monoisotopic (exact) mass is 836 g/mol. The van der Waals surface area contributed by atoms with E-state index >= 15 is 0 Å². The third-order valence-electron chi connectivity index (χ3n) is 11.3. The third kappa shape index (κ3) is 14.1. The zero-order valence-corrected chi connectivity index (χ0v) is 36.9. The van der Waals surface area contributed by atoms with Crippen LogP contribution in [0.1, 0.15) is 138 Å². The minimum absolute atomic E-state index is 0.000533. The van der Waals surface area contributed by atoms with Crippen molar-refractivity contribution in [1.29, 1.82) is 0 Å². The van der Waals surface area contributed by atoms with E-state index in [0.717, 1.165) is 30.5 Å². The molecule has 5 N–H and O–H groups in total. The number of hydrogen-bond acceptors (Lipinski definition) is 9. The topological polar surface area (TPSA) is 204 Å². The molecule has 1 aromatic carbocycles. The number of carbonyl (C=O) groups is 7. The van der Waals surface area contributed by atoms with Gasteiger partial charge in [0.05, 0.1) is 12.1 Å². The lowest BCUT2D eigenvalue weighted by atomic mass is 9.93. The van der Waals surface area contributed by atoms with Crippen molar-refractivity contribution in [3.05, 3.63) is 29.8 Å². The Morgan fingerprint density at radius 2 is 1.35 bits per heavy atom. The highest BCUT2D eigenvalue weighted by Crippen LogP contribution is 2.35. The molecule has 0 radical (unpaired) electrons. The van der Waals surface area contributed by atoms with E-state index in [4.69, 9.17) is 4.74 Å². The molecule has 15 heteroatoms. The van der Waals surface area contributed by atoms with Crippen molar-refractivity contribution >= 4 is 53.3 Å². The van der Waals surface area contributed by atoms with Gasteiger partial charge in [-0.25, -0.2) is 4.79 Å². The number of ether oxygens (including phenoxy) is 1. The minimum atomic E-state index is -1.17. The maximum absolute atomic E-state index is 14.3. The molecule has 1 aromatic rings. The summed E-state index contributed by atoms with van der Waals surface area (Å²) >= 11 is 0. The number of cyclic esters (lactones) is 1. The molecule has 0 aliphatic carbocycles. The third-order valence-corrected chi connectivity index (χ3v) is 11.3. The first kappa shape index (κ1) is 47.9. The summed E-state index contributed by atoms with van der Waals surface area (Å²) < 4.78 is 6.11. The molecule has 0 aromatic heterocycles. The highest BCUT2D eigenvalue weighted by Gasteiger charge is 2.40. The number of rotatable bonds is 12. The van der Waals surface area contributed by atoms with E-state index < -0.39 is 83.8 Å². The molecule has 15 nitrogen and oxygen atoms in total. The summed E-state index contributed by atoms with van der Waals surface area (Å²) in [6.07, 6.45) is 6.13. The molecule has 3 aliphatic rings. The Bertz CT molecular complexity index is 1710. The fraction of sp³-hybridized carbons (Fsp3) is 0.689. The number of nitrogens with one attached hydrogen (secondary N) is 5. The number of aliphatic imine (C=N–C) groups is 1. The molecule has 0 saturated carbocycles. The van der Waals surface area contributed by atoms with Gasteiger partial charge in [-0.15, -0.1) is 0 Å². The highest BCUT2D eigenvalue weighted by molar-refractivity contribution is 5.97. The van der Waals surface area contributed by atoms with Crippen LogP contribution in [-0.2, 0) is 38.3 Å².